The molecule has 1 saturated heterocycles. The first-order valence-corrected chi connectivity index (χ1v) is 10.4. The van der Waals surface area contributed by atoms with Crippen LogP contribution in [0.5, 0.6) is 5.75 Å². The van der Waals surface area contributed by atoms with Crippen molar-refractivity contribution < 1.29 is 31.9 Å². The maximum Gasteiger partial charge on any atom is 0.573 e. The van der Waals surface area contributed by atoms with Crippen LogP contribution in [-0.2, 0) is 11.3 Å². The lowest BCUT2D eigenvalue weighted by Crippen LogP contribution is -2.47. The molecule has 6 nitrogen and oxygen atoms in total. The van der Waals surface area contributed by atoms with Gasteiger partial charge in [-0.1, -0.05) is 24.3 Å². The van der Waals surface area contributed by atoms with Gasteiger partial charge in [0.05, 0.1) is 12.6 Å². The van der Waals surface area contributed by atoms with Crippen molar-refractivity contribution in [3.05, 3.63) is 65.5 Å². The van der Waals surface area contributed by atoms with E-state index in [0.717, 1.165) is 5.57 Å². The summed E-state index contributed by atoms with van der Waals surface area (Å²) in [6.07, 6.45) is -2.40. The number of nitrogens with zero attached hydrogens (tertiary/aromatic N) is 2. The summed E-state index contributed by atoms with van der Waals surface area (Å²) >= 11 is 0. The normalized spacial score (nSPS) is 21.6. The summed E-state index contributed by atoms with van der Waals surface area (Å²) < 4.78 is 56.1. The lowest BCUT2D eigenvalue weighted by molar-refractivity contribution is -0.274. The quantitative estimate of drug-likeness (QED) is 0.688. The van der Waals surface area contributed by atoms with E-state index in [1.165, 1.54) is 35.2 Å². The standard InChI is InChI=1S/C23H19F4N3O3/c24-15-5-6-19-14(7-15)10-29(22(32)28-19)12-21(31)30-11-13-8-16(30)9-18(13)17-3-1-2-4-20(17)33-23(25,26)27/h1-7,9,13,16H,8,10-12H2,(H,28,32)/t13-,16-/m1/s1. The number of urea groups is 1. The highest BCUT2D eigenvalue weighted by molar-refractivity contribution is 5.95. The third-order valence-electron chi connectivity index (χ3n) is 6.18. The van der Waals surface area contributed by atoms with E-state index in [-0.39, 0.29) is 36.7 Å². The molecule has 0 unspecified atom stereocenters. The number of benzene rings is 2. The van der Waals surface area contributed by atoms with E-state index in [0.29, 0.717) is 29.8 Å². The van der Waals surface area contributed by atoms with Gasteiger partial charge in [0.2, 0.25) is 5.91 Å². The summed E-state index contributed by atoms with van der Waals surface area (Å²) in [5.74, 6) is -1.09. The molecule has 33 heavy (non-hydrogen) atoms. The van der Waals surface area contributed by atoms with Crippen LogP contribution in [-0.4, -0.2) is 47.2 Å². The Bertz CT molecular complexity index is 1160. The zero-order valence-electron chi connectivity index (χ0n) is 17.2. The van der Waals surface area contributed by atoms with Gasteiger partial charge in [0.25, 0.3) is 0 Å². The number of carbonyl (C=O) groups excluding carboxylic acids is 2. The van der Waals surface area contributed by atoms with Gasteiger partial charge in [-0.2, -0.15) is 0 Å². The van der Waals surface area contributed by atoms with Crippen molar-refractivity contribution in [1.82, 2.24) is 9.80 Å². The zero-order valence-corrected chi connectivity index (χ0v) is 17.2. The maximum absolute atomic E-state index is 13.5. The van der Waals surface area contributed by atoms with Gasteiger partial charge < -0.3 is 19.9 Å². The molecule has 2 bridgehead atoms. The Morgan fingerprint density at radius 1 is 1.18 bits per heavy atom. The van der Waals surface area contributed by atoms with Crippen LogP contribution in [0.2, 0.25) is 0 Å². The monoisotopic (exact) mass is 461 g/mol. The van der Waals surface area contributed by atoms with E-state index < -0.39 is 18.2 Å². The van der Waals surface area contributed by atoms with E-state index >= 15 is 0 Å². The highest BCUT2D eigenvalue weighted by atomic mass is 19.4. The fourth-order valence-corrected chi connectivity index (χ4v) is 4.78. The van der Waals surface area contributed by atoms with Crippen LogP contribution in [0.15, 0.2) is 48.5 Å². The Morgan fingerprint density at radius 2 is 1.97 bits per heavy atom. The van der Waals surface area contributed by atoms with Crippen molar-refractivity contribution in [2.45, 2.75) is 25.4 Å². The minimum atomic E-state index is -4.80. The topological polar surface area (TPSA) is 61.9 Å². The number of nitrogens with one attached hydrogen (secondary N) is 1. The van der Waals surface area contributed by atoms with Crippen molar-refractivity contribution >= 4 is 23.2 Å². The SMILES string of the molecule is O=C1Nc2ccc(F)cc2CN1CC(=O)N1C[C@H]2C[C@@H]1C=C2c1ccccc1OC(F)(F)F. The number of para-hydroxylation sites is 1. The molecule has 10 heteroatoms. The summed E-state index contributed by atoms with van der Waals surface area (Å²) in [7, 11) is 0. The molecule has 2 atom stereocenters. The maximum atomic E-state index is 13.5. The molecule has 0 spiro atoms. The van der Waals surface area contributed by atoms with Crippen molar-refractivity contribution in [1.29, 1.82) is 0 Å². The van der Waals surface area contributed by atoms with Crippen molar-refractivity contribution in [3.8, 4) is 5.75 Å². The number of amides is 3. The number of hydrogen-bond acceptors (Lipinski definition) is 3. The number of carbonyl (C=O) groups is 2. The molecular formula is C23H19F4N3O3. The molecule has 2 aromatic carbocycles. The average Bonchev–Trinajstić information content (AvgIpc) is 3.35. The van der Waals surface area contributed by atoms with E-state index in [1.54, 1.807) is 23.1 Å². The Kier molecular flexibility index (Phi) is 5.02. The zero-order chi connectivity index (χ0) is 23.3. The molecule has 172 valence electrons. The number of halogens is 4. The van der Waals surface area contributed by atoms with E-state index in [4.69, 9.17) is 0 Å². The highest BCUT2D eigenvalue weighted by Crippen LogP contribution is 2.45. The smallest absolute Gasteiger partial charge is 0.405 e. The Hall–Kier alpha value is -3.56. The molecule has 5 rings (SSSR count). The summed E-state index contributed by atoms with van der Waals surface area (Å²) in [4.78, 5) is 28.3. The lowest BCUT2D eigenvalue weighted by Gasteiger charge is -2.32. The first kappa shape index (κ1) is 21.3. The second-order valence-corrected chi connectivity index (χ2v) is 8.30. The van der Waals surface area contributed by atoms with Crippen molar-refractivity contribution in [3.63, 3.8) is 0 Å². The largest absolute Gasteiger partial charge is 0.573 e. The molecule has 0 saturated carbocycles. The average molecular weight is 461 g/mol. The molecular weight excluding hydrogens is 442 g/mol. The van der Waals surface area contributed by atoms with Gasteiger partial charge in [-0.3, -0.25) is 4.79 Å². The fourth-order valence-electron chi connectivity index (χ4n) is 4.78. The molecule has 0 aromatic heterocycles. The molecule has 2 heterocycles. The van der Waals surface area contributed by atoms with Crippen LogP contribution in [0, 0.1) is 11.7 Å². The van der Waals surface area contributed by atoms with Crippen LogP contribution in [0.4, 0.5) is 28.0 Å². The predicted molar refractivity (Wildman–Crippen MR) is 111 cm³/mol. The van der Waals surface area contributed by atoms with Crippen LogP contribution in [0.3, 0.4) is 0 Å². The van der Waals surface area contributed by atoms with Crippen LogP contribution in [0.25, 0.3) is 5.57 Å². The first-order chi connectivity index (χ1) is 15.7. The van der Waals surface area contributed by atoms with Crippen LogP contribution in [0.1, 0.15) is 17.5 Å². The van der Waals surface area contributed by atoms with Gasteiger partial charge in [0.1, 0.15) is 18.1 Å². The van der Waals surface area contributed by atoms with Crippen molar-refractivity contribution in [2.75, 3.05) is 18.4 Å². The number of rotatable bonds is 4. The highest BCUT2D eigenvalue weighted by Gasteiger charge is 2.43. The summed E-state index contributed by atoms with van der Waals surface area (Å²) in [6, 6.07) is 9.31. The second kappa shape index (κ2) is 7.79. The van der Waals surface area contributed by atoms with Gasteiger partial charge in [0.15, 0.2) is 0 Å². The minimum absolute atomic E-state index is 0.107. The molecule has 0 radical (unpaired) electrons. The van der Waals surface area contributed by atoms with Crippen LogP contribution >= 0.6 is 0 Å². The number of fused-ring (bicyclic) bond motifs is 3. The van der Waals surface area contributed by atoms with Gasteiger partial charge in [-0.15, -0.1) is 13.2 Å². The molecule has 2 aromatic rings. The van der Waals surface area contributed by atoms with E-state index in [1.807, 2.05) is 0 Å². The van der Waals surface area contributed by atoms with Crippen molar-refractivity contribution in [2.24, 2.45) is 5.92 Å². The molecule has 1 aliphatic carbocycles. The molecule has 3 amide bonds. The van der Waals surface area contributed by atoms with Gasteiger partial charge in [0, 0.05) is 23.7 Å². The molecule has 2 aliphatic heterocycles. The summed E-state index contributed by atoms with van der Waals surface area (Å²) in [6.45, 7) is 0.272. The Morgan fingerprint density at radius 3 is 2.70 bits per heavy atom. The van der Waals surface area contributed by atoms with E-state index in [9.17, 15) is 27.2 Å². The number of hydrogen-bond donors (Lipinski definition) is 1. The van der Waals surface area contributed by atoms with Gasteiger partial charge in [-0.05, 0) is 41.8 Å². The predicted octanol–water partition coefficient (Wildman–Crippen LogP) is 4.39. The number of alkyl halides is 3. The number of ether oxygens (including phenoxy) is 1. The van der Waals surface area contributed by atoms with E-state index in [2.05, 4.69) is 10.1 Å². The lowest BCUT2D eigenvalue weighted by atomic mass is 9.94. The fraction of sp³-hybridized carbons (Fsp3) is 0.304. The third-order valence-corrected chi connectivity index (χ3v) is 6.18. The third kappa shape index (κ3) is 4.12. The Labute approximate surface area is 186 Å². The van der Waals surface area contributed by atoms with Gasteiger partial charge in [-0.25, -0.2) is 9.18 Å². The number of likely N-dealkylation sites (tertiary alicyclic amines) is 1. The summed E-state index contributed by atoms with van der Waals surface area (Å²) in [5.41, 5.74) is 2.18. The molecule has 3 aliphatic rings. The van der Waals surface area contributed by atoms with Crippen LogP contribution < -0.4 is 10.1 Å². The Balaban J connectivity index is 1.30. The number of anilines is 1. The minimum Gasteiger partial charge on any atom is -0.405 e. The van der Waals surface area contributed by atoms with Gasteiger partial charge >= 0.3 is 12.4 Å². The molecule has 1 fully saturated rings. The summed E-state index contributed by atoms with van der Waals surface area (Å²) in [5, 5.41) is 2.65. The second-order valence-electron chi connectivity index (χ2n) is 8.30. The first-order valence-electron chi connectivity index (χ1n) is 10.4. The molecule has 1 N–H and O–H groups in total.